The lowest BCUT2D eigenvalue weighted by atomic mass is 9.71. The Morgan fingerprint density at radius 1 is 0.671 bits per heavy atom. The minimum atomic E-state index is -1.55. The molecule has 8 rings (SSSR count). The Balaban J connectivity index is 0.000000276. The third-order valence-electron chi connectivity index (χ3n) is 17.6. The van der Waals surface area contributed by atoms with E-state index in [1.54, 1.807) is 60.3 Å². The number of hydrogen-bond donors (Lipinski definition) is 3. The number of nitrogens with one attached hydrogen (secondary N) is 1. The maximum Gasteiger partial charge on any atom is 0.410 e. The summed E-state index contributed by atoms with van der Waals surface area (Å²) >= 11 is 0. The van der Waals surface area contributed by atoms with Crippen LogP contribution in [0.1, 0.15) is 169 Å². The summed E-state index contributed by atoms with van der Waals surface area (Å²) in [4.78, 5) is 95.0. The van der Waals surface area contributed by atoms with Crippen LogP contribution in [-0.4, -0.2) is 147 Å². The van der Waals surface area contributed by atoms with E-state index in [9.17, 15) is 43.8 Å². The van der Waals surface area contributed by atoms with E-state index in [2.05, 4.69) is 12.2 Å². The fraction of sp³-hybridized carbons (Fsp3) is 0.873. The summed E-state index contributed by atoms with van der Waals surface area (Å²) < 4.78 is 41.9. The number of ether oxygens (including phenoxy) is 7. The van der Waals surface area contributed by atoms with Crippen LogP contribution < -0.4 is 5.32 Å². The number of rotatable bonds is 2. The van der Waals surface area contributed by atoms with E-state index in [1.165, 1.54) is 6.92 Å². The number of hydrogen-bond acceptors (Lipinski definition) is 17. The predicted molar refractivity (Wildman–Crippen MR) is 267 cm³/mol. The van der Waals surface area contributed by atoms with Gasteiger partial charge in [-0.3, -0.25) is 28.8 Å². The molecule has 0 aliphatic carbocycles. The van der Waals surface area contributed by atoms with E-state index in [0.717, 1.165) is 0 Å². The number of fused-ring (bicyclic) bond motifs is 20. The van der Waals surface area contributed by atoms with Crippen molar-refractivity contribution in [2.24, 2.45) is 46.3 Å². The van der Waals surface area contributed by atoms with Crippen LogP contribution in [0.4, 0.5) is 4.79 Å². The van der Waals surface area contributed by atoms with Gasteiger partial charge in [-0.25, -0.2) is 4.79 Å². The van der Waals surface area contributed by atoms with Gasteiger partial charge in [0.1, 0.15) is 28.6 Å². The highest BCUT2D eigenvalue weighted by Crippen LogP contribution is 2.47. The molecule has 8 aliphatic heterocycles. The smallest absolute Gasteiger partial charge is 0.410 e. The Morgan fingerprint density at radius 2 is 1.08 bits per heavy atom. The lowest BCUT2D eigenvalue weighted by molar-refractivity contribution is -0.196. The van der Waals surface area contributed by atoms with Gasteiger partial charge >= 0.3 is 30.0 Å². The van der Waals surface area contributed by atoms with Gasteiger partial charge in [-0.2, -0.15) is 0 Å². The average Bonchev–Trinajstić information content (AvgIpc) is 3.80. The Hall–Kier alpha value is -3.71. The Labute approximate surface area is 433 Å². The summed E-state index contributed by atoms with van der Waals surface area (Å²) in [7, 11) is 0. The second kappa shape index (κ2) is 22.1. The van der Waals surface area contributed by atoms with Crippen molar-refractivity contribution in [3.63, 3.8) is 0 Å². The molecular formula is C55H90N2O16. The predicted octanol–water partition coefficient (Wildman–Crippen LogP) is 6.45. The van der Waals surface area contributed by atoms with Gasteiger partial charge in [-0.1, -0.05) is 41.5 Å². The molecule has 0 radical (unpaired) electrons. The molecule has 8 aliphatic rings. The summed E-state index contributed by atoms with van der Waals surface area (Å²) in [5.41, 5.74) is -8.03. The van der Waals surface area contributed by atoms with Crippen molar-refractivity contribution in [2.45, 2.75) is 234 Å². The molecule has 73 heavy (non-hydrogen) atoms. The SMILES string of the molecule is CC[C@H]1OC(=O)[C@]2(C)CCO[C@@](C)(C[C@@H](C)CN(C(=O)OC(C)(C)C)[C@H](C)[C@H]3CC(=O)O[C@@]31C)[C@H](O)[C@@H](C)C2=O.CC[C@H]1OC(=O)[C@]2(C)CCO[C@@](C)(C[C@@H](C)CN[C@H](C)[C@H]3CC(=O)O[C@@]31C)[C@H](O)[C@@H](C)C2=O. The number of aliphatic hydroxyl groups is 2. The first kappa shape index (κ1) is 60.2. The van der Waals surface area contributed by atoms with Crippen molar-refractivity contribution in [2.75, 3.05) is 26.3 Å². The molecule has 1 amide bonds. The second-order valence-corrected chi connectivity index (χ2v) is 24.9. The molecule has 0 saturated carbocycles. The molecule has 18 atom stereocenters. The van der Waals surface area contributed by atoms with E-state index in [-0.39, 0.29) is 81.0 Å². The number of nitrogens with zero attached hydrogens (tertiary/aromatic N) is 1. The van der Waals surface area contributed by atoms with Crippen molar-refractivity contribution in [1.82, 2.24) is 10.2 Å². The van der Waals surface area contributed by atoms with E-state index < -0.39 is 117 Å². The molecule has 8 heterocycles. The van der Waals surface area contributed by atoms with Gasteiger partial charge in [-0.15, -0.1) is 0 Å². The second-order valence-electron chi connectivity index (χ2n) is 24.9. The lowest BCUT2D eigenvalue weighted by Crippen LogP contribution is -2.57. The van der Waals surface area contributed by atoms with Crippen LogP contribution >= 0.6 is 0 Å². The monoisotopic (exact) mass is 1030 g/mol. The molecule has 8 fully saturated rings. The molecule has 416 valence electrons. The Kier molecular flexibility index (Phi) is 18.2. The molecule has 4 bridgehead atoms. The number of ketones is 2. The summed E-state index contributed by atoms with van der Waals surface area (Å²) in [5.74, 6) is -5.36. The fourth-order valence-corrected chi connectivity index (χ4v) is 13.0. The third kappa shape index (κ3) is 12.0. The van der Waals surface area contributed by atoms with E-state index >= 15 is 0 Å². The number of amides is 1. The normalized spacial score (nSPS) is 44.5. The van der Waals surface area contributed by atoms with E-state index in [4.69, 9.17) is 33.2 Å². The Morgan fingerprint density at radius 3 is 1.51 bits per heavy atom. The van der Waals surface area contributed by atoms with Gasteiger partial charge in [0.25, 0.3) is 0 Å². The summed E-state index contributed by atoms with van der Waals surface area (Å²) in [6.07, 6.45) is -2.19. The maximum absolute atomic E-state index is 13.8. The Bertz CT molecular complexity index is 2080. The summed E-state index contributed by atoms with van der Waals surface area (Å²) in [6, 6.07) is -0.600. The minimum absolute atomic E-state index is 0.0339. The van der Waals surface area contributed by atoms with Crippen LogP contribution in [0.25, 0.3) is 0 Å². The number of Topliss-reactive ketones (excluding diaryl/α,β-unsaturated/α-hetero) is 2. The van der Waals surface area contributed by atoms with Crippen molar-refractivity contribution >= 4 is 41.5 Å². The fourth-order valence-electron chi connectivity index (χ4n) is 13.0. The third-order valence-corrected chi connectivity index (χ3v) is 17.6. The highest BCUT2D eigenvalue weighted by molar-refractivity contribution is 6.05. The number of aliphatic hydroxyl groups excluding tert-OH is 2. The maximum atomic E-state index is 13.8. The van der Waals surface area contributed by atoms with Gasteiger partial charge in [0.15, 0.2) is 22.8 Å². The quantitative estimate of drug-likeness (QED) is 0.153. The van der Waals surface area contributed by atoms with E-state index in [0.29, 0.717) is 32.2 Å². The van der Waals surface area contributed by atoms with Gasteiger partial charge in [0.2, 0.25) is 0 Å². The van der Waals surface area contributed by atoms with Gasteiger partial charge in [0, 0.05) is 55.5 Å². The van der Waals surface area contributed by atoms with Crippen LogP contribution in [0, 0.1) is 46.3 Å². The van der Waals surface area contributed by atoms with Crippen LogP contribution in [0.3, 0.4) is 0 Å². The topological polar surface area (TPSA) is 240 Å². The first-order valence-corrected chi connectivity index (χ1v) is 26.9. The van der Waals surface area contributed by atoms with Crippen LogP contribution in [0.15, 0.2) is 0 Å². The average molecular weight is 1040 g/mol. The summed E-state index contributed by atoms with van der Waals surface area (Å²) in [5, 5.41) is 26.1. The lowest BCUT2D eigenvalue weighted by Gasteiger charge is -2.44. The highest BCUT2D eigenvalue weighted by atomic mass is 16.6. The van der Waals surface area contributed by atoms with E-state index in [1.807, 2.05) is 48.5 Å². The van der Waals surface area contributed by atoms with Crippen molar-refractivity contribution in [3.05, 3.63) is 0 Å². The molecule has 0 unspecified atom stereocenters. The van der Waals surface area contributed by atoms with Crippen LogP contribution in [0.5, 0.6) is 0 Å². The molecule has 18 heteroatoms. The largest absolute Gasteiger partial charge is 0.457 e. The van der Waals surface area contributed by atoms with Crippen molar-refractivity contribution < 1.29 is 76.9 Å². The van der Waals surface area contributed by atoms with Gasteiger partial charge < -0.3 is 53.6 Å². The molecule has 0 aromatic carbocycles. The van der Waals surface area contributed by atoms with Gasteiger partial charge in [0.05, 0.1) is 36.3 Å². The zero-order valence-corrected chi connectivity index (χ0v) is 47.0. The van der Waals surface area contributed by atoms with Gasteiger partial charge in [-0.05, 0) is 133 Å². The first-order valence-electron chi connectivity index (χ1n) is 26.9. The first-order chi connectivity index (χ1) is 33.6. The summed E-state index contributed by atoms with van der Waals surface area (Å²) in [6.45, 7) is 31.6. The molecular weight excluding hydrogens is 945 g/mol. The minimum Gasteiger partial charge on any atom is -0.457 e. The van der Waals surface area contributed by atoms with Crippen molar-refractivity contribution in [3.8, 4) is 0 Å². The number of carbonyl (C=O) groups is 7. The highest BCUT2D eigenvalue weighted by Gasteiger charge is 2.60. The molecule has 0 spiro atoms. The zero-order valence-electron chi connectivity index (χ0n) is 47.0. The number of esters is 4. The van der Waals surface area contributed by atoms with Crippen LogP contribution in [-0.2, 0) is 61.9 Å². The number of carbonyl (C=O) groups excluding carboxylic acids is 7. The molecule has 0 aromatic heterocycles. The molecule has 0 aromatic rings. The molecule has 3 N–H and O–H groups in total. The zero-order chi connectivity index (χ0) is 55.2. The van der Waals surface area contributed by atoms with Crippen LogP contribution in [0.2, 0.25) is 0 Å². The molecule has 8 saturated heterocycles. The molecule has 18 nitrogen and oxygen atoms in total. The standard InChI is InChI=1S/C30H49NO9.C25H41NO7/c1-11-21-30(10)20(14-22(32)39-30)19(4)31(26(36)40-27(5,6)7)16-17(2)15-29(9)24(34)18(3)23(33)28(8,12-13-37-29)25(35)38-21;1-8-18-25(7)17(11-19(27)33-25)16(4)26-13-14(2)12-24(6)21(29)15(3)20(28)23(5,9-10-31-24)22(30)32-18/h17-21,24,34H,11-16H2,1-10H3;14-18,21,26,29H,8-13H2,1-7H3/t17-,18+,19-,20-,21-,24-,28-,29+,30+;14-,15+,16-,17-,18-,21-,23-,24+,25+/m11/s1. The van der Waals surface area contributed by atoms with Crippen molar-refractivity contribution in [1.29, 1.82) is 0 Å².